The zero-order valence-electron chi connectivity index (χ0n) is 11.5. The third-order valence-electron chi connectivity index (χ3n) is 2.68. The second-order valence-electron chi connectivity index (χ2n) is 4.38. The predicted molar refractivity (Wildman–Crippen MR) is 85.0 cm³/mol. The fraction of sp³-hybridized carbons (Fsp3) is 0.333. The lowest BCUT2D eigenvalue weighted by Gasteiger charge is -2.05. The molecule has 0 atom stereocenters. The normalized spacial score (nSPS) is 10.7. The van der Waals surface area contributed by atoms with E-state index in [0.29, 0.717) is 0 Å². The first-order valence-electron chi connectivity index (χ1n) is 6.68. The van der Waals surface area contributed by atoms with Crippen molar-refractivity contribution in [1.29, 1.82) is 0 Å². The molecule has 1 N–H and O–H groups in total. The molecule has 0 bridgehead atoms. The molecule has 5 heteroatoms. The molecule has 20 heavy (non-hydrogen) atoms. The van der Waals surface area contributed by atoms with Crippen LogP contribution in [0.5, 0.6) is 0 Å². The number of aromatic nitrogens is 2. The van der Waals surface area contributed by atoms with Crippen LogP contribution in [0.3, 0.4) is 0 Å². The maximum Gasteiger partial charge on any atom is 0.138 e. The van der Waals surface area contributed by atoms with Crippen LogP contribution in [0.2, 0.25) is 5.02 Å². The van der Waals surface area contributed by atoms with Gasteiger partial charge in [0.05, 0.1) is 11.4 Å². The Morgan fingerprint density at radius 2 is 2.00 bits per heavy atom. The van der Waals surface area contributed by atoms with E-state index in [-0.39, 0.29) is 0 Å². The van der Waals surface area contributed by atoms with Crippen LogP contribution in [0.15, 0.2) is 41.4 Å². The molecule has 0 radical (unpaired) electrons. The van der Waals surface area contributed by atoms with Crippen molar-refractivity contribution in [3.05, 3.63) is 53.1 Å². The van der Waals surface area contributed by atoms with Crippen molar-refractivity contribution in [3.8, 4) is 0 Å². The zero-order chi connectivity index (χ0) is 14.2. The summed E-state index contributed by atoms with van der Waals surface area (Å²) in [6, 6.07) is 9.78. The minimum Gasteiger partial charge on any atom is -0.311 e. The van der Waals surface area contributed by atoms with Gasteiger partial charge in [-0.05, 0) is 43.3 Å². The lowest BCUT2D eigenvalue weighted by Crippen LogP contribution is -2.15. The Balaban J connectivity index is 1.89. The molecule has 0 amide bonds. The summed E-state index contributed by atoms with van der Waals surface area (Å²) in [7, 11) is 0. The lowest BCUT2D eigenvalue weighted by molar-refractivity contribution is 0.660. The summed E-state index contributed by atoms with van der Waals surface area (Å²) in [5, 5.41) is 4.11. The average molecular weight is 308 g/mol. The van der Waals surface area contributed by atoms with Crippen molar-refractivity contribution in [3.63, 3.8) is 0 Å². The first kappa shape index (κ1) is 15.3. The maximum atomic E-state index is 5.87. The van der Waals surface area contributed by atoms with E-state index in [4.69, 9.17) is 11.6 Å². The summed E-state index contributed by atoms with van der Waals surface area (Å²) < 4.78 is 0. The SMILES string of the molecule is CCCNCc1ccnc(CSc2ccc(Cl)cc2)n1. The molecule has 1 aromatic heterocycles. The van der Waals surface area contributed by atoms with E-state index in [0.717, 1.165) is 41.8 Å². The number of nitrogens with zero attached hydrogens (tertiary/aromatic N) is 2. The molecule has 0 saturated carbocycles. The molecule has 2 rings (SSSR count). The van der Waals surface area contributed by atoms with E-state index >= 15 is 0 Å². The molecule has 0 aliphatic carbocycles. The number of hydrogen-bond acceptors (Lipinski definition) is 4. The van der Waals surface area contributed by atoms with Crippen molar-refractivity contribution < 1.29 is 0 Å². The van der Waals surface area contributed by atoms with Crippen LogP contribution in [0, 0.1) is 0 Å². The van der Waals surface area contributed by atoms with Gasteiger partial charge in [-0.25, -0.2) is 9.97 Å². The molecule has 0 saturated heterocycles. The van der Waals surface area contributed by atoms with Crippen molar-refractivity contribution in [2.75, 3.05) is 6.54 Å². The van der Waals surface area contributed by atoms with Gasteiger partial charge >= 0.3 is 0 Å². The number of hydrogen-bond donors (Lipinski definition) is 1. The van der Waals surface area contributed by atoms with E-state index in [2.05, 4.69) is 22.2 Å². The van der Waals surface area contributed by atoms with Crippen molar-refractivity contribution >= 4 is 23.4 Å². The van der Waals surface area contributed by atoms with Gasteiger partial charge in [-0.1, -0.05) is 18.5 Å². The summed E-state index contributed by atoms with van der Waals surface area (Å²) in [5.74, 6) is 1.63. The summed E-state index contributed by atoms with van der Waals surface area (Å²) in [6.45, 7) is 3.97. The van der Waals surface area contributed by atoms with Crippen LogP contribution in [0.25, 0.3) is 0 Å². The molecule has 0 aliphatic rings. The van der Waals surface area contributed by atoms with Gasteiger partial charge in [0.25, 0.3) is 0 Å². The lowest BCUT2D eigenvalue weighted by atomic mass is 10.4. The molecule has 0 fully saturated rings. The Bertz CT molecular complexity index is 531. The standard InChI is InChI=1S/C15H18ClN3S/c1-2-8-17-10-13-7-9-18-15(19-13)11-20-14-5-3-12(16)4-6-14/h3-7,9,17H,2,8,10-11H2,1H3. The third-order valence-corrected chi connectivity index (χ3v) is 3.94. The quantitative estimate of drug-likeness (QED) is 0.621. The number of rotatable bonds is 7. The topological polar surface area (TPSA) is 37.8 Å². The van der Waals surface area contributed by atoms with E-state index in [1.807, 2.05) is 36.5 Å². The summed E-state index contributed by atoms with van der Waals surface area (Å²) in [5.41, 5.74) is 1.04. The highest BCUT2D eigenvalue weighted by Gasteiger charge is 2.01. The Labute approximate surface area is 129 Å². The highest BCUT2D eigenvalue weighted by atomic mass is 35.5. The predicted octanol–water partition coefficient (Wildman–Crippen LogP) is 3.92. The smallest absolute Gasteiger partial charge is 0.138 e. The summed E-state index contributed by atoms with van der Waals surface area (Å²) in [4.78, 5) is 10.0. The highest BCUT2D eigenvalue weighted by Crippen LogP contribution is 2.22. The molecule has 3 nitrogen and oxygen atoms in total. The number of thioether (sulfide) groups is 1. The van der Waals surface area contributed by atoms with Gasteiger partial charge in [0.2, 0.25) is 0 Å². The molecule has 106 valence electrons. The maximum absolute atomic E-state index is 5.87. The summed E-state index contributed by atoms with van der Waals surface area (Å²) in [6.07, 6.45) is 2.96. The van der Waals surface area contributed by atoms with E-state index < -0.39 is 0 Å². The first-order chi connectivity index (χ1) is 9.78. The first-order valence-corrected chi connectivity index (χ1v) is 8.04. The van der Waals surface area contributed by atoms with Crippen LogP contribution in [-0.4, -0.2) is 16.5 Å². The van der Waals surface area contributed by atoms with Gasteiger partial charge < -0.3 is 5.32 Å². The Hall–Kier alpha value is -1.10. The molecule has 0 spiro atoms. The molecule has 1 aromatic carbocycles. The monoisotopic (exact) mass is 307 g/mol. The molecule has 0 unspecified atom stereocenters. The van der Waals surface area contributed by atoms with E-state index in [1.54, 1.807) is 11.8 Å². The third kappa shape index (κ3) is 5.12. The van der Waals surface area contributed by atoms with E-state index in [1.165, 1.54) is 4.90 Å². The van der Waals surface area contributed by atoms with Gasteiger partial charge in [-0.2, -0.15) is 0 Å². The Morgan fingerprint density at radius 1 is 1.20 bits per heavy atom. The van der Waals surface area contributed by atoms with Gasteiger partial charge in [0.15, 0.2) is 0 Å². The van der Waals surface area contributed by atoms with Crippen LogP contribution in [0.4, 0.5) is 0 Å². The fourth-order valence-electron chi connectivity index (χ4n) is 1.68. The van der Waals surface area contributed by atoms with Crippen molar-refractivity contribution in [2.24, 2.45) is 0 Å². The molecule has 2 aromatic rings. The highest BCUT2D eigenvalue weighted by molar-refractivity contribution is 7.98. The van der Waals surface area contributed by atoms with Gasteiger partial charge in [0.1, 0.15) is 5.82 Å². The summed E-state index contributed by atoms with van der Waals surface area (Å²) >= 11 is 7.58. The zero-order valence-corrected chi connectivity index (χ0v) is 13.0. The number of nitrogens with one attached hydrogen (secondary N) is 1. The van der Waals surface area contributed by atoms with Crippen LogP contribution in [-0.2, 0) is 12.3 Å². The minimum atomic E-state index is 0.759. The number of benzene rings is 1. The van der Waals surface area contributed by atoms with Crippen LogP contribution >= 0.6 is 23.4 Å². The Morgan fingerprint density at radius 3 is 2.75 bits per heavy atom. The Kier molecular flexibility index (Phi) is 6.30. The molecular formula is C15H18ClN3S. The largest absolute Gasteiger partial charge is 0.311 e. The van der Waals surface area contributed by atoms with Gasteiger partial charge in [0, 0.05) is 22.7 Å². The van der Waals surface area contributed by atoms with Gasteiger partial charge in [-0.15, -0.1) is 11.8 Å². The molecular weight excluding hydrogens is 290 g/mol. The number of halogens is 1. The molecule has 1 heterocycles. The van der Waals surface area contributed by atoms with Crippen molar-refractivity contribution in [1.82, 2.24) is 15.3 Å². The van der Waals surface area contributed by atoms with Crippen LogP contribution in [0.1, 0.15) is 24.9 Å². The fourth-order valence-corrected chi connectivity index (χ4v) is 2.57. The average Bonchev–Trinajstić information content (AvgIpc) is 2.47. The van der Waals surface area contributed by atoms with Gasteiger partial charge in [-0.3, -0.25) is 0 Å². The second kappa shape index (κ2) is 8.25. The van der Waals surface area contributed by atoms with E-state index in [9.17, 15) is 0 Å². The second-order valence-corrected chi connectivity index (χ2v) is 5.87. The minimum absolute atomic E-state index is 0.759. The van der Waals surface area contributed by atoms with Crippen LogP contribution < -0.4 is 5.32 Å². The van der Waals surface area contributed by atoms with Crippen molar-refractivity contribution in [2.45, 2.75) is 30.5 Å². The molecule has 0 aliphatic heterocycles.